The van der Waals surface area contributed by atoms with Gasteiger partial charge in [0.1, 0.15) is 17.9 Å². The van der Waals surface area contributed by atoms with Gasteiger partial charge in [0.05, 0.1) is 24.7 Å². The minimum atomic E-state index is -0.704. The van der Waals surface area contributed by atoms with Crippen molar-refractivity contribution in [1.82, 2.24) is 19.5 Å². The van der Waals surface area contributed by atoms with Crippen LogP contribution >= 0.6 is 0 Å². The predicted molar refractivity (Wildman–Crippen MR) is 66.2 cm³/mol. The maximum atomic E-state index is 10.2. The van der Waals surface area contributed by atoms with E-state index >= 15 is 0 Å². The Kier molecular flexibility index (Phi) is 2.96. The molecule has 7 heteroatoms. The third kappa shape index (κ3) is 1.81. The first-order valence-corrected chi connectivity index (χ1v) is 6.22. The number of nitrogens with zero attached hydrogens (tertiary/aromatic N) is 4. The van der Waals surface area contributed by atoms with Gasteiger partial charge in [-0.15, -0.1) is 0 Å². The summed E-state index contributed by atoms with van der Waals surface area (Å²) >= 11 is 0. The zero-order valence-electron chi connectivity index (χ0n) is 10.8. The highest BCUT2D eigenvalue weighted by molar-refractivity contribution is 5.72. The molecule has 0 bridgehead atoms. The van der Waals surface area contributed by atoms with E-state index in [0.717, 1.165) is 5.69 Å². The number of rotatable bonds is 2. The monoisotopic (exact) mass is 264 g/mol. The zero-order valence-corrected chi connectivity index (χ0v) is 10.8. The molecule has 2 aromatic heterocycles. The lowest BCUT2D eigenvalue weighted by atomic mass is 10.0. The number of fused-ring (bicyclic) bond motifs is 1. The van der Waals surface area contributed by atoms with E-state index in [1.165, 1.54) is 6.33 Å². The van der Waals surface area contributed by atoms with Gasteiger partial charge in [0.15, 0.2) is 11.9 Å². The molecule has 0 radical (unpaired) electrons. The second-order valence-electron chi connectivity index (χ2n) is 4.88. The Labute approximate surface area is 109 Å². The smallest absolute Gasteiger partial charge is 0.165 e. The first-order chi connectivity index (χ1) is 9.13. The van der Waals surface area contributed by atoms with Gasteiger partial charge in [0.25, 0.3) is 0 Å². The highest BCUT2D eigenvalue weighted by Gasteiger charge is 2.42. The lowest BCUT2D eigenvalue weighted by molar-refractivity contribution is -0.0491. The molecular weight excluding hydrogens is 248 g/mol. The molecule has 0 aliphatic carbocycles. The molecule has 0 amide bonds. The van der Waals surface area contributed by atoms with Crippen molar-refractivity contribution in [2.45, 2.75) is 32.3 Å². The molecule has 1 saturated heterocycles. The quantitative estimate of drug-likeness (QED) is 0.794. The van der Waals surface area contributed by atoms with Crippen molar-refractivity contribution >= 4 is 11.2 Å². The fourth-order valence-corrected chi connectivity index (χ4v) is 2.46. The molecule has 1 aliphatic heterocycles. The Morgan fingerprint density at radius 3 is 2.84 bits per heavy atom. The molecule has 2 N–H and O–H groups in total. The van der Waals surface area contributed by atoms with Gasteiger partial charge in [-0.2, -0.15) is 0 Å². The molecule has 1 fully saturated rings. The van der Waals surface area contributed by atoms with E-state index in [1.807, 2.05) is 13.8 Å². The number of hydrogen-bond acceptors (Lipinski definition) is 6. The summed E-state index contributed by atoms with van der Waals surface area (Å²) in [5, 5.41) is 19.5. The molecule has 19 heavy (non-hydrogen) atoms. The van der Waals surface area contributed by atoms with Crippen LogP contribution in [0, 0.1) is 12.8 Å². The van der Waals surface area contributed by atoms with Gasteiger partial charge in [0, 0.05) is 5.92 Å². The van der Waals surface area contributed by atoms with Gasteiger partial charge in [-0.05, 0) is 6.92 Å². The van der Waals surface area contributed by atoms with Gasteiger partial charge in [-0.3, -0.25) is 4.57 Å². The number of aryl methyl sites for hydroxylation is 1. The number of aliphatic hydroxyl groups excluding tert-OH is 2. The molecular formula is C12H16N4O3. The highest BCUT2D eigenvalue weighted by atomic mass is 16.5. The first-order valence-electron chi connectivity index (χ1n) is 6.22. The van der Waals surface area contributed by atoms with Gasteiger partial charge in [-0.1, -0.05) is 6.92 Å². The van der Waals surface area contributed by atoms with Crippen LogP contribution in [0.25, 0.3) is 11.2 Å². The second-order valence-corrected chi connectivity index (χ2v) is 4.88. The molecule has 3 rings (SSSR count). The molecule has 4 atom stereocenters. The van der Waals surface area contributed by atoms with Crippen molar-refractivity contribution in [3.63, 3.8) is 0 Å². The van der Waals surface area contributed by atoms with Crippen LogP contribution in [0.15, 0.2) is 12.7 Å². The van der Waals surface area contributed by atoms with E-state index in [4.69, 9.17) is 4.74 Å². The van der Waals surface area contributed by atoms with Crippen molar-refractivity contribution in [3.8, 4) is 0 Å². The van der Waals surface area contributed by atoms with Crippen molar-refractivity contribution in [1.29, 1.82) is 0 Å². The average Bonchev–Trinajstić information content (AvgIpc) is 2.94. The van der Waals surface area contributed by atoms with E-state index in [-0.39, 0.29) is 18.6 Å². The van der Waals surface area contributed by atoms with Crippen molar-refractivity contribution < 1.29 is 14.9 Å². The van der Waals surface area contributed by atoms with E-state index in [9.17, 15) is 10.2 Å². The first kappa shape index (κ1) is 12.5. The molecule has 1 aliphatic rings. The average molecular weight is 264 g/mol. The topological polar surface area (TPSA) is 93.3 Å². The Morgan fingerprint density at radius 2 is 2.16 bits per heavy atom. The van der Waals surface area contributed by atoms with E-state index in [2.05, 4.69) is 15.0 Å². The van der Waals surface area contributed by atoms with Crippen LogP contribution in [0.1, 0.15) is 18.8 Å². The third-order valence-electron chi connectivity index (χ3n) is 3.73. The SMILES string of the molecule is Cc1ncnc2c1ncn2[C@@H]1O[C@H](CO)[C@@H](C)[C@H]1O. The van der Waals surface area contributed by atoms with Crippen LogP contribution in [0.4, 0.5) is 0 Å². The standard InChI is InChI=1S/C12H16N4O3/c1-6-8(3-17)19-12(10(6)18)16-5-15-9-7(2)13-4-14-11(9)16/h4-6,8,10,12,17-18H,3H2,1-2H3/t6-,8-,10-,12-/m1/s1. The molecule has 0 saturated carbocycles. The van der Waals surface area contributed by atoms with Crippen LogP contribution in [0.3, 0.4) is 0 Å². The summed E-state index contributed by atoms with van der Waals surface area (Å²) in [6, 6.07) is 0. The second kappa shape index (κ2) is 4.52. The molecule has 0 spiro atoms. The number of ether oxygens (including phenoxy) is 1. The Hall–Kier alpha value is -1.57. The van der Waals surface area contributed by atoms with Crippen LogP contribution in [-0.4, -0.2) is 48.5 Å². The number of imidazole rings is 1. The van der Waals surface area contributed by atoms with E-state index in [1.54, 1.807) is 10.9 Å². The van der Waals surface area contributed by atoms with Crippen LogP contribution < -0.4 is 0 Å². The molecule has 2 aromatic rings. The zero-order chi connectivity index (χ0) is 13.6. The summed E-state index contributed by atoms with van der Waals surface area (Å²) in [7, 11) is 0. The fraction of sp³-hybridized carbons (Fsp3) is 0.583. The largest absolute Gasteiger partial charge is 0.394 e. The van der Waals surface area contributed by atoms with Gasteiger partial charge >= 0.3 is 0 Å². The third-order valence-corrected chi connectivity index (χ3v) is 3.73. The van der Waals surface area contributed by atoms with Gasteiger partial charge in [0.2, 0.25) is 0 Å². The normalized spacial score (nSPS) is 31.2. The molecule has 7 nitrogen and oxygen atoms in total. The van der Waals surface area contributed by atoms with Crippen molar-refractivity contribution in [2.75, 3.05) is 6.61 Å². The summed E-state index contributed by atoms with van der Waals surface area (Å²) < 4.78 is 7.39. The molecule has 0 aromatic carbocycles. The summed E-state index contributed by atoms with van der Waals surface area (Å²) in [5.41, 5.74) is 2.10. The van der Waals surface area contributed by atoms with Gasteiger partial charge < -0.3 is 14.9 Å². The summed E-state index contributed by atoms with van der Waals surface area (Å²) in [6.07, 6.45) is 1.40. The molecule has 3 heterocycles. The Morgan fingerprint density at radius 1 is 1.37 bits per heavy atom. The lowest BCUT2D eigenvalue weighted by Gasteiger charge is -2.16. The van der Waals surface area contributed by atoms with Crippen molar-refractivity contribution in [2.24, 2.45) is 5.92 Å². The number of hydrogen-bond donors (Lipinski definition) is 2. The summed E-state index contributed by atoms with van der Waals surface area (Å²) in [5.74, 6) is -0.143. The number of aliphatic hydroxyl groups is 2. The highest BCUT2D eigenvalue weighted by Crippen LogP contribution is 2.34. The Bertz CT molecular complexity index is 600. The molecule has 0 unspecified atom stereocenters. The number of aromatic nitrogens is 4. The van der Waals surface area contributed by atoms with Crippen molar-refractivity contribution in [3.05, 3.63) is 18.3 Å². The maximum Gasteiger partial charge on any atom is 0.165 e. The summed E-state index contributed by atoms with van der Waals surface area (Å²) in [6.45, 7) is 3.59. The minimum absolute atomic E-state index is 0.116. The lowest BCUT2D eigenvalue weighted by Crippen LogP contribution is -2.25. The predicted octanol–water partition coefficient (Wildman–Crippen LogP) is 0.0214. The fourth-order valence-electron chi connectivity index (χ4n) is 2.46. The van der Waals surface area contributed by atoms with Crippen LogP contribution in [0.2, 0.25) is 0 Å². The van der Waals surface area contributed by atoms with Crippen LogP contribution in [0.5, 0.6) is 0 Å². The maximum absolute atomic E-state index is 10.2. The van der Waals surface area contributed by atoms with E-state index in [0.29, 0.717) is 11.2 Å². The van der Waals surface area contributed by atoms with Crippen LogP contribution in [-0.2, 0) is 4.74 Å². The van der Waals surface area contributed by atoms with E-state index < -0.39 is 12.3 Å². The Balaban J connectivity index is 2.04. The summed E-state index contributed by atoms with van der Waals surface area (Å²) in [4.78, 5) is 12.5. The minimum Gasteiger partial charge on any atom is -0.394 e. The van der Waals surface area contributed by atoms with Gasteiger partial charge in [-0.25, -0.2) is 15.0 Å². The molecule has 102 valence electrons.